The van der Waals surface area contributed by atoms with Crippen molar-refractivity contribution in [3.63, 3.8) is 0 Å². The van der Waals surface area contributed by atoms with E-state index in [1.54, 1.807) is 6.07 Å². The third-order valence-corrected chi connectivity index (χ3v) is 9.64. The summed E-state index contributed by atoms with van der Waals surface area (Å²) in [4.78, 5) is 50.2. The van der Waals surface area contributed by atoms with Crippen LogP contribution in [0.15, 0.2) is 55.1 Å². The molecule has 284 valence electrons. The molecule has 2 aromatic carbocycles. The smallest absolute Gasteiger partial charge is 0.326 e. The van der Waals surface area contributed by atoms with Crippen LogP contribution in [0, 0.1) is 19.8 Å². The molecule has 1 aliphatic heterocycles. The van der Waals surface area contributed by atoms with Gasteiger partial charge in [-0.1, -0.05) is 50.2 Å². The number of benzene rings is 2. The van der Waals surface area contributed by atoms with Crippen LogP contribution in [0.2, 0.25) is 0 Å². The normalized spacial score (nSPS) is 19.9. The van der Waals surface area contributed by atoms with Crippen LogP contribution in [-0.2, 0) is 31.1 Å². The molecule has 2 aromatic heterocycles. The average Bonchev–Trinajstić information content (AvgIpc) is 3.63. The minimum Gasteiger partial charge on any atom is -0.480 e. The first kappa shape index (κ1) is 39.3. The van der Waals surface area contributed by atoms with Crippen LogP contribution in [0.3, 0.4) is 0 Å². The Morgan fingerprint density at radius 2 is 1.79 bits per heavy atom. The highest BCUT2D eigenvalue weighted by atomic mass is 16.6. The monoisotopic (exact) mass is 731 g/mol. The molecule has 7 N–H and O–H groups in total. The molecule has 1 saturated heterocycles. The van der Waals surface area contributed by atoms with Gasteiger partial charge < -0.3 is 41.2 Å². The number of carboxylic acid groups (broad SMARTS) is 1. The van der Waals surface area contributed by atoms with Crippen molar-refractivity contribution in [1.29, 1.82) is 0 Å². The number of aliphatic hydroxyl groups excluding tert-OH is 2. The summed E-state index contributed by atoms with van der Waals surface area (Å²) >= 11 is 0. The number of fused-ring (bicyclic) bond motifs is 1. The number of carbonyl (C=O) groups is 3. The van der Waals surface area contributed by atoms with Crippen LogP contribution >= 0.6 is 0 Å². The van der Waals surface area contributed by atoms with Crippen molar-refractivity contribution in [3.8, 4) is 5.75 Å². The Labute approximate surface area is 307 Å². The molecule has 1 fully saturated rings. The summed E-state index contributed by atoms with van der Waals surface area (Å²) in [7, 11) is 0. The number of aliphatic hydroxyl groups is 2. The number of esters is 1. The van der Waals surface area contributed by atoms with E-state index in [2.05, 4.69) is 25.6 Å². The molecule has 5 rings (SSSR count). The van der Waals surface area contributed by atoms with E-state index in [0.29, 0.717) is 42.0 Å². The molecule has 15 heteroatoms. The van der Waals surface area contributed by atoms with Crippen LogP contribution < -0.4 is 21.1 Å². The van der Waals surface area contributed by atoms with Gasteiger partial charge in [0.15, 0.2) is 17.7 Å². The predicted molar refractivity (Wildman–Crippen MR) is 196 cm³/mol. The van der Waals surface area contributed by atoms with Crippen molar-refractivity contribution in [2.45, 2.75) is 103 Å². The van der Waals surface area contributed by atoms with Crippen LogP contribution in [0.1, 0.15) is 74.9 Å². The van der Waals surface area contributed by atoms with Gasteiger partial charge in [-0.2, -0.15) is 0 Å². The average molecular weight is 732 g/mol. The predicted octanol–water partition coefficient (Wildman–Crippen LogP) is 3.08. The largest absolute Gasteiger partial charge is 0.480 e. The third kappa shape index (κ3) is 9.53. The number of hydrogen-bond donors (Lipinski definition) is 6. The maximum absolute atomic E-state index is 13.5. The van der Waals surface area contributed by atoms with E-state index >= 15 is 0 Å². The van der Waals surface area contributed by atoms with E-state index in [1.807, 2.05) is 64.1 Å². The van der Waals surface area contributed by atoms with E-state index in [4.69, 9.17) is 15.2 Å². The lowest BCUT2D eigenvalue weighted by Crippen LogP contribution is -2.43. The standard InChI is InChI=1S/C38H49N7O8/c1-21-13-22(2)30(27(14-21)52-23(3)46)38(4,5)16-29(47)44-26(37(50)51)12-11-25(18-40-17-24-9-7-6-8-10-24)15-28-32(48)33(49)36(53-28)45-20-43-31-34(39)41-19-42-35(31)45/h6-10,13-14,19-20,25-26,28,32-33,36,40,48-49H,11-12,15-18H2,1-5H3,(H,44,47)(H,50,51)(H2,39,41,42)/t25-,26?,28+,32?,33?,36+/m0/s1. The number of nitrogens with two attached hydrogens (primary N) is 1. The molecule has 3 unspecified atom stereocenters. The lowest BCUT2D eigenvalue weighted by atomic mass is 9.78. The van der Waals surface area contributed by atoms with Crippen molar-refractivity contribution in [3.05, 3.63) is 77.4 Å². The van der Waals surface area contributed by atoms with Gasteiger partial charge in [0.25, 0.3) is 0 Å². The number of aliphatic carboxylic acids is 1. The Balaban J connectivity index is 1.28. The fourth-order valence-corrected chi connectivity index (χ4v) is 7.28. The van der Waals surface area contributed by atoms with E-state index in [0.717, 1.165) is 16.7 Å². The zero-order valence-electron chi connectivity index (χ0n) is 30.7. The molecule has 53 heavy (non-hydrogen) atoms. The lowest BCUT2D eigenvalue weighted by Gasteiger charge is -2.29. The van der Waals surface area contributed by atoms with E-state index in [1.165, 1.54) is 24.1 Å². The number of imidazole rings is 1. The van der Waals surface area contributed by atoms with Crippen molar-refractivity contribution in [1.82, 2.24) is 30.2 Å². The molecule has 6 atom stereocenters. The first-order valence-electron chi connectivity index (χ1n) is 17.7. The molecule has 1 aliphatic rings. The molecule has 0 bridgehead atoms. The van der Waals surface area contributed by atoms with Crippen molar-refractivity contribution in [2.24, 2.45) is 5.92 Å². The summed E-state index contributed by atoms with van der Waals surface area (Å²) < 4.78 is 13.2. The summed E-state index contributed by atoms with van der Waals surface area (Å²) in [6.07, 6.45) is -1.000. The zero-order valence-corrected chi connectivity index (χ0v) is 30.7. The van der Waals surface area contributed by atoms with Gasteiger partial charge in [0, 0.05) is 30.9 Å². The van der Waals surface area contributed by atoms with Gasteiger partial charge in [-0.05, 0) is 68.3 Å². The fraction of sp³-hybridized carbons (Fsp3) is 0.474. The van der Waals surface area contributed by atoms with Gasteiger partial charge in [-0.15, -0.1) is 0 Å². The SMILES string of the molecule is CC(=O)Oc1cc(C)cc(C)c1C(C)(C)CC(=O)NC(CC[C@H](CNCc1ccccc1)C[C@H]1O[C@@H](n2cnc3c(N)ncnc32)C(O)C1O)C(=O)O. The second kappa shape index (κ2) is 16.8. The molecule has 0 radical (unpaired) electrons. The summed E-state index contributed by atoms with van der Waals surface area (Å²) in [5.41, 5.74) is 9.33. The van der Waals surface area contributed by atoms with Crippen molar-refractivity contribution >= 4 is 34.8 Å². The number of ether oxygens (including phenoxy) is 2. The van der Waals surface area contributed by atoms with Crippen LogP contribution in [0.5, 0.6) is 5.75 Å². The minimum atomic E-state index is -1.31. The maximum atomic E-state index is 13.5. The maximum Gasteiger partial charge on any atom is 0.326 e. The summed E-state index contributed by atoms with van der Waals surface area (Å²) in [6.45, 7) is 9.79. The van der Waals surface area contributed by atoms with E-state index in [9.17, 15) is 29.7 Å². The molecule has 3 heterocycles. The Kier molecular flexibility index (Phi) is 12.4. The van der Waals surface area contributed by atoms with Gasteiger partial charge >= 0.3 is 11.9 Å². The zero-order chi connectivity index (χ0) is 38.4. The number of nitrogen functional groups attached to an aromatic ring is 1. The quantitative estimate of drug-likeness (QED) is 0.0721. The number of nitrogens with zero attached hydrogens (tertiary/aromatic N) is 4. The molecular weight excluding hydrogens is 682 g/mol. The van der Waals surface area contributed by atoms with Crippen molar-refractivity contribution < 1.29 is 39.2 Å². The Hall–Kier alpha value is -4.96. The number of carbonyl (C=O) groups excluding carboxylic acids is 2. The molecule has 0 saturated carbocycles. The second-order valence-electron chi connectivity index (χ2n) is 14.5. The van der Waals surface area contributed by atoms with Crippen LogP contribution in [0.25, 0.3) is 11.2 Å². The second-order valence-corrected chi connectivity index (χ2v) is 14.5. The highest BCUT2D eigenvalue weighted by Crippen LogP contribution is 2.38. The Bertz CT molecular complexity index is 1920. The Morgan fingerprint density at radius 3 is 2.49 bits per heavy atom. The molecule has 1 amide bonds. The molecule has 0 aliphatic carbocycles. The van der Waals surface area contributed by atoms with Gasteiger partial charge in [0.1, 0.15) is 35.8 Å². The number of nitrogens with one attached hydrogen (secondary N) is 2. The summed E-state index contributed by atoms with van der Waals surface area (Å²) in [5.74, 6) is -1.81. The molecule has 15 nitrogen and oxygen atoms in total. The lowest BCUT2D eigenvalue weighted by molar-refractivity contribution is -0.142. The first-order valence-corrected chi connectivity index (χ1v) is 17.7. The summed E-state index contributed by atoms with van der Waals surface area (Å²) in [6, 6.07) is 12.3. The van der Waals surface area contributed by atoms with Crippen molar-refractivity contribution in [2.75, 3.05) is 12.3 Å². The van der Waals surface area contributed by atoms with E-state index in [-0.39, 0.29) is 31.0 Å². The topological polar surface area (TPSA) is 224 Å². The van der Waals surface area contributed by atoms with Gasteiger partial charge in [0.05, 0.1) is 12.4 Å². The third-order valence-electron chi connectivity index (χ3n) is 9.64. The number of carboxylic acids is 1. The van der Waals surface area contributed by atoms with Crippen LogP contribution in [0.4, 0.5) is 5.82 Å². The van der Waals surface area contributed by atoms with Crippen LogP contribution in [-0.4, -0.2) is 83.6 Å². The number of aromatic nitrogens is 4. The highest BCUT2D eigenvalue weighted by Gasteiger charge is 2.45. The number of anilines is 1. The Morgan fingerprint density at radius 1 is 1.06 bits per heavy atom. The highest BCUT2D eigenvalue weighted by molar-refractivity contribution is 5.84. The minimum absolute atomic E-state index is 0.0576. The number of hydrogen-bond acceptors (Lipinski definition) is 12. The number of rotatable bonds is 16. The number of aryl methyl sites for hydroxylation is 2. The first-order chi connectivity index (χ1) is 25.1. The molecular formula is C38H49N7O8. The van der Waals surface area contributed by atoms with Gasteiger partial charge in [-0.25, -0.2) is 19.7 Å². The van der Waals surface area contributed by atoms with E-state index < -0.39 is 53.8 Å². The number of amides is 1. The fourth-order valence-electron chi connectivity index (χ4n) is 7.28. The molecule has 0 spiro atoms. The van der Waals surface area contributed by atoms with Gasteiger partial charge in [-0.3, -0.25) is 14.2 Å². The van der Waals surface area contributed by atoms with Gasteiger partial charge in [0.2, 0.25) is 5.91 Å². The molecule has 4 aromatic rings. The summed E-state index contributed by atoms with van der Waals surface area (Å²) in [5, 5.41) is 38.5.